The smallest absolute Gasteiger partial charge is 0.330 e. The third-order valence-electron chi connectivity index (χ3n) is 7.08. The summed E-state index contributed by atoms with van der Waals surface area (Å²) in [6, 6.07) is 14.7. The fourth-order valence-electron chi connectivity index (χ4n) is 5.45. The molecule has 35 heavy (non-hydrogen) atoms. The number of likely N-dealkylation sites (tertiary alicyclic amines) is 1. The van der Waals surface area contributed by atoms with E-state index in [-0.39, 0.29) is 30.1 Å². The van der Waals surface area contributed by atoms with E-state index >= 15 is 0 Å². The first-order valence-electron chi connectivity index (χ1n) is 11.7. The molecule has 2 aliphatic carbocycles. The predicted octanol–water partition coefficient (Wildman–Crippen LogP) is 2.60. The first kappa shape index (κ1) is 22.8. The van der Waals surface area contributed by atoms with Crippen molar-refractivity contribution in [1.29, 1.82) is 0 Å². The van der Waals surface area contributed by atoms with Gasteiger partial charge in [0, 0.05) is 12.1 Å². The fraction of sp³-hybridized carbons (Fsp3) is 0.333. The minimum Gasteiger partial charge on any atom is -0.497 e. The van der Waals surface area contributed by atoms with Gasteiger partial charge in [-0.3, -0.25) is 19.3 Å². The lowest BCUT2D eigenvalue weighted by molar-refractivity contribution is -0.160. The molecule has 1 saturated carbocycles. The molecular formula is C27H26N2O6. The molecule has 5 atom stereocenters. The molecule has 2 fully saturated rings. The maximum Gasteiger partial charge on any atom is 0.330 e. The molecule has 0 unspecified atom stereocenters. The van der Waals surface area contributed by atoms with Crippen molar-refractivity contribution in [1.82, 2.24) is 4.90 Å². The van der Waals surface area contributed by atoms with Crippen LogP contribution >= 0.6 is 0 Å². The number of nitrogens with one attached hydrogen (secondary N) is 1. The summed E-state index contributed by atoms with van der Waals surface area (Å²) in [6.45, 7) is -0.536. The molecule has 0 spiro atoms. The average molecular weight is 475 g/mol. The molecule has 0 radical (unpaired) electrons. The SMILES string of the molecule is COc1ccc(NC(=O)COC(=O)[C@H](Cc2ccccc2)N2C(=O)[C@@H]3[C@H](C2=O)[C@H]2C=C[C@H]3C2)cc1. The maximum absolute atomic E-state index is 13.3. The minimum absolute atomic E-state index is 0.0371. The Labute approximate surface area is 202 Å². The van der Waals surface area contributed by atoms with E-state index in [0.717, 1.165) is 16.9 Å². The van der Waals surface area contributed by atoms with Crippen LogP contribution in [-0.2, 0) is 30.3 Å². The van der Waals surface area contributed by atoms with Crippen molar-refractivity contribution in [3.63, 3.8) is 0 Å². The van der Waals surface area contributed by atoms with Gasteiger partial charge in [-0.25, -0.2) is 4.79 Å². The predicted molar refractivity (Wildman–Crippen MR) is 126 cm³/mol. The van der Waals surface area contributed by atoms with Crippen molar-refractivity contribution < 1.29 is 28.7 Å². The van der Waals surface area contributed by atoms with Crippen LogP contribution in [0.5, 0.6) is 5.75 Å². The molecule has 1 heterocycles. The number of anilines is 1. The standard InChI is InChI=1S/C27H26N2O6/c1-34-20-11-9-19(10-12-20)28-22(30)15-35-27(33)21(13-16-5-3-2-4-6-16)29-25(31)23-17-7-8-18(14-17)24(23)26(29)32/h2-12,17-18,21,23-24H,13-15H2,1H3,(H,28,30)/t17-,18-,21-,23-,24+/m0/s1. The van der Waals surface area contributed by atoms with Crippen LogP contribution in [0.2, 0.25) is 0 Å². The van der Waals surface area contributed by atoms with E-state index in [0.29, 0.717) is 11.4 Å². The normalized spacial score (nSPS) is 24.9. The van der Waals surface area contributed by atoms with Crippen LogP contribution in [-0.4, -0.2) is 48.3 Å². The van der Waals surface area contributed by atoms with Crippen molar-refractivity contribution >= 4 is 29.4 Å². The van der Waals surface area contributed by atoms with Crippen LogP contribution in [0.3, 0.4) is 0 Å². The van der Waals surface area contributed by atoms with Gasteiger partial charge in [0.2, 0.25) is 11.8 Å². The molecule has 8 heteroatoms. The van der Waals surface area contributed by atoms with Crippen LogP contribution in [0, 0.1) is 23.7 Å². The number of nitrogens with zero attached hydrogens (tertiary/aromatic N) is 1. The summed E-state index contributed by atoms with van der Waals surface area (Å²) >= 11 is 0. The van der Waals surface area contributed by atoms with Crippen LogP contribution in [0.25, 0.3) is 0 Å². The first-order chi connectivity index (χ1) is 17.0. The van der Waals surface area contributed by atoms with Gasteiger partial charge >= 0.3 is 5.97 Å². The summed E-state index contributed by atoms with van der Waals surface area (Å²) in [5, 5.41) is 2.65. The monoisotopic (exact) mass is 474 g/mol. The Kier molecular flexibility index (Phi) is 6.11. The molecular weight excluding hydrogens is 448 g/mol. The van der Waals surface area contributed by atoms with Crippen LogP contribution in [0.15, 0.2) is 66.7 Å². The van der Waals surface area contributed by atoms with Crippen molar-refractivity contribution in [2.24, 2.45) is 23.7 Å². The number of esters is 1. The van der Waals surface area contributed by atoms with Crippen molar-refractivity contribution in [3.05, 3.63) is 72.3 Å². The first-order valence-corrected chi connectivity index (χ1v) is 11.7. The fourth-order valence-corrected chi connectivity index (χ4v) is 5.45. The number of hydrogen-bond donors (Lipinski definition) is 1. The highest BCUT2D eigenvalue weighted by Gasteiger charge is 2.61. The molecule has 3 aliphatic rings. The Morgan fingerprint density at radius 1 is 0.971 bits per heavy atom. The van der Waals surface area contributed by atoms with E-state index in [2.05, 4.69) is 5.32 Å². The van der Waals surface area contributed by atoms with Gasteiger partial charge < -0.3 is 14.8 Å². The summed E-state index contributed by atoms with van der Waals surface area (Å²) in [5.74, 6) is -2.06. The van der Waals surface area contributed by atoms with E-state index < -0.39 is 36.4 Å². The molecule has 3 amide bonds. The van der Waals surface area contributed by atoms with Crippen LogP contribution < -0.4 is 10.1 Å². The summed E-state index contributed by atoms with van der Waals surface area (Å²) in [6.07, 6.45) is 4.95. The van der Waals surface area contributed by atoms with Crippen molar-refractivity contribution in [2.45, 2.75) is 18.9 Å². The number of carbonyl (C=O) groups excluding carboxylic acids is 4. The molecule has 1 N–H and O–H groups in total. The lowest BCUT2D eigenvalue weighted by Crippen LogP contribution is -2.48. The lowest BCUT2D eigenvalue weighted by Gasteiger charge is -2.26. The second-order valence-corrected chi connectivity index (χ2v) is 9.14. The molecule has 0 aromatic heterocycles. The molecule has 5 rings (SSSR count). The number of benzene rings is 2. The van der Waals surface area contributed by atoms with Gasteiger partial charge in [-0.2, -0.15) is 0 Å². The summed E-state index contributed by atoms with van der Waals surface area (Å²) in [5.41, 5.74) is 1.31. The van der Waals surface area contributed by atoms with Crippen molar-refractivity contribution in [3.8, 4) is 5.75 Å². The molecule has 8 nitrogen and oxygen atoms in total. The Bertz CT molecular complexity index is 1150. The van der Waals surface area contributed by atoms with Crippen LogP contribution in [0.1, 0.15) is 12.0 Å². The zero-order valence-corrected chi connectivity index (χ0v) is 19.3. The van der Waals surface area contributed by atoms with E-state index in [4.69, 9.17) is 9.47 Å². The quantitative estimate of drug-likeness (QED) is 0.359. The van der Waals surface area contributed by atoms with Gasteiger partial charge in [-0.1, -0.05) is 42.5 Å². The van der Waals surface area contributed by atoms with Gasteiger partial charge in [-0.05, 0) is 48.1 Å². The highest BCUT2D eigenvalue weighted by molar-refractivity contribution is 6.09. The van der Waals surface area contributed by atoms with Gasteiger partial charge in [0.1, 0.15) is 11.8 Å². The molecule has 180 valence electrons. The Morgan fingerprint density at radius 3 is 2.20 bits per heavy atom. The number of amides is 3. The van der Waals surface area contributed by atoms with Gasteiger partial charge in [0.15, 0.2) is 6.61 Å². The number of hydrogen-bond acceptors (Lipinski definition) is 6. The number of rotatable bonds is 8. The second-order valence-electron chi connectivity index (χ2n) is 9.14. The Hall–Kier alpha value is -3.94. The zero-order valence-electron chi connectivity index (χ0n) is 19.3. The van der Waals surface area contributed by atoms with Gasteiger partial charge in [0.25, 0.3) is 5.91 Å². The molecule has 2 aromatic rings. The molecule has 2 aromatic carbocycles. The topological polar surface area (TPSA) is 102 Å². The van der Waals surface area contributed by atoms with E-state index in [1.54, 1.807) is 31.4 Å². The third kappa shape index (κ3) is 4.32. The Morgan fingerprint density at radius 2 is 1.60 bits per heavy atom. The molecule has 1 aliphatic heterocycles. The number of imide groups is 1. The average Bonchev–Trinajstić information content (AvgIpc) is 3.56. The lowest BCUT2D eigenvalue weighted by atomic mass is 9.85. The number of methoxy groups -OCH3 is 1. The number of ether oxygens (including phenoxy) is 2. The largest absolute Gasteiger partial charge is 0.497 e. The number of allylic oxidation sites excluding steroid dienone is 2. The highest BCUT2D eigenvalue weighted by atomic mass is 16.5. The van der Waals surface area contributed by atoms with Crippen LogP contribution in [0.4, 0.5) is 5.69 Å². The molecule has 2 bridgehead atoms. The summed E-state index contributed by atoms with van der Waals surface area (Å²) in [4.78, 5) is 53.3. The third-order valence-corrected chi connectivity index (χ3v) is 7.08. The zero-order chi connectivity index (χ0) is 24.5. The molecule has 1 saturated heterocycles. The highest BCUT2D eigenvalue weighted by Crippen LogP contribution is 2.53. The van der Waals surface area contributed by atoms with E-state index in [1.165, 1.54) is 0 Å². The summed E-state index contributed by atoms with van der Waals surface area (Å²) < 4.78 is 10.4. The van der Waals surface area contributed by atoms with E-state index in [9.17, 15) is 19.2 Å². The number of carbonyl (C=O) groups is 4. The Balaban J connectivity index is 1.30. The van der Waals surface area contributed by atoms with E-state index in [1.807, 2.05) is 42.5 Å². The van der Waals surface area contributed by atoms with Crippen molar-refractivity contribution in [2.75, 3.05) is 19.0 Å². The summed E-state index contributed by atoms with van der Waals surface area (Å²) in [7, 11) is 1.54. The minimum atomic E-state index is -1.13. The maximum atomic E-state index is 13.3. The second kappa shape index (κ2) is 9.37. The van der Waals surface area contributed by atoms with Gasteiger partial charge in [-0.15, -0.1) is 0 Å². The van der Waals surface area contributed by atoms with Gasteiger partial charge in [0.05, 0.1) is 18.9 Å². The number of fused-ring (bicyclic) bond motifs is 5.